The largest absolute Gasteiger partial charge is 0.445 e. The summed E-state index contributed by atoms with van der Waals surface area (Å²) in [6.07, 6.45) is -11.4. The number of amides is 2. The molecule has 12 heteroatoms. The van der Waals surface area contributed by atoms with Gasteiger partial charge in [-0.2, -0.15) is 26.3 Å². The van der Waals surface area contributed by atoms with Crippen molar-refractivity contribution in [3.63, 3.8) is 0 Å². The predicted molar refractivity (Wildman–Crippen MR) is 124 cm³/mol. The molecule has 208 valence electrons. The lowest BCUT2D eigenvalue weighted by Gasteiger charge is -2.46. The van der Waals surface area contributed by atoms with Crippen molar-refractivity contribution in [2.24, 2.45) is 11.7 Å². The van der Waals surface area contributed by atoms with E-state index in [4.69, 9.17) is 15.2 Å². The van der Waals surface area contributed by atoms with Crippen LogP contribution in [0.1, 0.15) is 55.0 Å². The van der Waals surface area contributed by atoms with E-state index in [1.165, 1.54) is 11.8 Å². The van der Waals surface area contributed by atoms with Crippen LogP contribution in [0.3, 0.4) is 0 Å². The predicted octanol–water partition coefficient (Wildman–Crippen LogP) is 6.09. The summed E-state index contributed by atoms with van der Waals surface area (Å²) in [6, 6.07) is 10.1. The molecule has 2 N–H and O–H groups in total. The van der Waals surface area contributed by atoms with Gasteiger partial charge in [0.1, 0.15) is 6.61 Å². The molecule has 1 aliphatic rings. The highest BCUT2D eigenvalue weighted by Gasteiger charge is 2.44. The molecule has 1 saturated heterocycles. The fraction of sp³-hybridized carbons (Fsp3) is 0.462. The minimum atomic E-state index is -4.99. The van der Waals surface area contributed by atoms with E-state index in [1.807, 2.05) is 0 Å². The number of hydrogen-bond acceptors (Lipinski definition) is 4. The van der Waals surface area contributed by atoms with Gasteiger partial charge in [-0.15, -0.1) is 0 Å². The Balaban J connectivity index is 1.80. The van der Waals surface area contributed by atoms with E-state index in [-0.39, 0.29) is 37.8 Å². The summed E-state index contributed by atoms with van der Waals surface area (Å²) in [5.74, 6) is -1.26. The van der Waals surface area contributed by atoms with E-state index in [2.05, 4.69) is 0 Å². The quantitative estimate of drug-likeness (QED) is 0.426. The van der Waals surface area contributed by atoms with E-state index >= 15 is 0 Å². The van der Waals surface area contributed by atoms with Crippen LogP contribution < -0.4 is 5.73 Å². The summed E-state index contributed by atoms with van der Waals surface area (Å²) in [5.41, 5.74) is 1.89. The van der Waals surface area contributed by atoms with Crippen LogP contribution in [-0.4, -0.2) is 35.6 Å². The summed E-state index contributed by atoms with van der Waals surface area (Å²) in [5, 5.41) is 0. The summed E-state index contributed by atoms with van der Waals surface area (Å²) in [4.78, 5) is 26.1. The fourth-order valence-electron chi connectivity index (χ4n) is 4.24. The monoisotopic (exact) mass is 546 g/mol. The maximum absolute atomic E-state index is 13.3. The molecular weight excluding hydrogens is 518 g/mol. The normalized spacial score (nSPS) is 21.2. The number of nitrogens with zero attached hydrogens (tertiary/aromatic N) is 1. The van der Waals surface area contributed by atoms with Gasteiger partial charge in [0.05, 0.1) is 35.3 Å². The molecule has 6 nitrogen and oxygen atoms in total. The van der Waals surface area contributed by atoms with Crippen molar-refractivity contribution in [3.05, 3.63) is 70.8 Å². The van der Waals surface area contributed by atoms with Crippen molar-refractivity contribution < 1.29 is 45.4 Å². The number of rotatable bonds is 7. The maximum atomic E-state index is 13.3. The second kappa shape index (κ2) is 11.2. The zero-order valence-corrected chi connectivity index (χ0v) is 20.7. The molecule has 38 heavy (non-hydrogen) atoms. The number of halogens is 6. The Morgan fingerprint density at radius 2 is 1.63 bits per heavy atom. The molecular formula is C26H28F6N2O4. The molecule has 3 rings (SSSR count). The second-order valence-electron chi connectivity index (χ2n) is 9.58. The molecule has 0 aliphatic carbocycles. The summed E-state index contributed by atoms with van der Waals surface area (Å²) < 4.78 is 90.8. The van der Waals surface area contributed by atoms with Gasteiger partial charge in [-0.05, 0) is 56.0 Å². The number of hydrogen-bond donors (Lipinski definition) is 1. The smallest absolute Gasteiger partial charge is 0.416 e. The highest BCUT2D eigenvalue weighted by atomic mass is 19.4. The van der Waals surface area contributed by atoms with Gasteiger partial charge in [0.25, 0.3) is 0 Å². The Morgan fingerprint density at radius 1 is 1.05 bits per heavy atom. The van der Waals surface area contributed by atoms with E-state index < -0.39 is 53.0 Å². The van der Waals surface area contributed by atoms with E-state index in [1.54, 1.807) is 37.3 Å². The van der Waals surface area contributed by atoms with Gasteiger partial charge in [-0.25, -0.2) is 4.79 Å². The van der Waals surface area contributed by atoms with Crippen LogP contribution in [0.4, 0.5) is 31.1 Å². The minimum Gasteiger partial charge on any atom is -0.445 e. The molecule has 0 aromatic heterocycles. The van der Waals surface area contributed by atoms with Crippen molar-refractivity contribution in [2.75, 3.05) is 13.2 Å². The number of likely N-dealkylation sites (tertiary alicyclic amines) is 1. The molecule has 2 amide bonds. The Morgan fingerprint density at radius 3 is 2.16 bits per heavy atom. The van der Waals surface area contributed by atoms with Crippen molar-refractivity contribution >= 4 is 12.0 Å². The molecule has 0 saturated carbocycles. The van der Waals surface area contributed by atoms with Crippen molar-refractivity contribution in [2.45, 2.75) is 57.3 Å². The average molecular weight is 547 g/mol. The molecule has 2 aromatic rings. The summed E-state index contributed by atoms with van der Waals surface area (Å²) >= 11 is 0. The van der Waals surface area contributed by atoms with Gasteiger partial charge >= 0.3 is 18.4 Å². The van der Waals surface area contributed by atoms with E-state index in [9.17, 15) is 35.9 Å². The van der Waals surface area contributed by atoms with Gasteiger partial charge in [0.2, 0.25) is 5.91 Å². The zero-order valence-electron chi connectivity index (χ0n) is 20.7. The zero-order chi connectivity index (χ0) is 28.3. The number of carbonyl (C=O) groups excluding carboxylic acids is 2. The molecule has 1 fully saturated rings. The second-order valence-corrected chi connectivity index (χ2v) is 9.58. The number of nitrogens with two attached hydrogens (primary N) is 1. The first kappa shape index (κ1) is 29.3. The lowest BCUT2D eigenvalue weighted by Crippen LogP contribution is -2.59. The highest BCUT2D eigenvalue weighted by Crippen LogP contribution is 2.39. The Kier molecular flexibility index (Phi) is 8.65. The fourth-order valence-corrected chi connectivity index (χ4v) is 4.24. The summed E-state index contributed by atoms with van der Waals surface area (Å²) in [6.45, 7) is 2.62. The Bertz CT molecular complexity index is 1110. The maximum Gasteiger partial charge on any atom is 0.416 e. The first-order valence-corrected chi connectivity index (χ1v) is 11.8. The molecule has 1 aliphatic heterocycles. The van der Waals surface area contributed by atoms with Crippen LogP contribution in [0.2, 0.25) is 0 Å². The van der Waals surface area contributed by atoms with Gasteiger partial charge in [0.15, 0.2) is 0 Å². The SMILES string of the molecule is CC(OCC1(C)CCC(C(N)=O)CN1C(=O)OCc1ccccc1)c1cc(C(F)(F)F)cc(C(F)(F)F)c1. The number of carbonyl (C=O) groups is 2. The third-order valence-corrected chi connectivity index (χ3v) is 6.64. The van der Waals surface area contributed by atoms with Crippen molar-refractivity contribution in [1.29, 1.82) is 0 Å². The van der Waals surface area contributed by atoms with Crippen LogP contribution in [-0.2, 0) is 33.2 Å². The first-order chi connectivity index (χ1) is 17.6. The topological polar surface area (TPSA) is 81.9 Å². The number of ether oxygens (including phenoxy) is 2. The van der Waals surface area contributed by atoms with Gasteiger partial charge in [0, 0.05) is 6.54 Å². The van der Waals surface area contributed by atoms with E-state index in [0.717, 1.165) is 5.56 Å². The van der Waals surface area contributed by atoms with Gasteiger partial charge < -0.3 is 15.2 Å². The number of alkyl halides is 6. The lowest BCUT2D eigenvalue weighted by atomic mass is 9.83. The van der Waals surface area contributed by atoms with E-state index in [0.29, 0.717) is 18.6 Å². The van der Waals surface area contributed by atoms with Crippen LogP contribution in [0.15, 0.2) is 48.5 Å². The first-order valence-electron chi connectivity index (χ1n) is 11.8. The molecule has 0 spiro atoms. The van der Waals surface area contributed by atoms with Crippen LogP contribution in [0.5, 0.6) is 0 Å². The molecule has 0 radical (unpaired) electrons. The summed E-state index contributed by atoms with van der Waals surface area (Å²) in [7, 11) is 0. The average Bonchev–Trinajstić information content (AvgIpc) is 2.85. The Labute approximate surface area is 215 Å². The molecule has 1 heterocycles. The number of primary amides is 1. The molecule has 0 bridgehead atoms. The van der Waals surface area contributed by atoms with Crippen LogP contribution >= 0.6 is 0 Å². The highest BCUT2D eigenvalue weighted by molar-refractivity contribution is 5.78. The van der Waals surface area contributed by atoms with Crippen molar-refractivity contribution in [1.82, 2.24) is 4.90 Å². The Hall–Kier alpha value is -3.28. The molecule has 3 atom stereocenters. The standard InChI is InChI=1S/C26H28F6N2O4/c1-16(19-10-20(25(27,28)29)12-21(11-19)26(30,31)32)38-15-24(2)9-8-18(22(33)35)13-34(24)23(36)37-14-17-6-4-3-5-7-17/h3-7,10-12,16,18H,8-9,13-15H2,1-2H3,(H2,33,35). The van der Waals surface area contributed by atoms with Crippen LogP contribution in [0, 0.1) is 5.92 Å². The lowest BCUT2D eigenvalue weighted by molar-refractivity contribution is -0.143. The van der Waals surface area contributed by atoms with Crippen molar-refractivity contribution in [3.8, 4) is 0 Å². The third kappa shape index (κ3) is 7.18. The third-order valence-electron chi connectivity index (χ3n) is 6.64. The van der Waals surface area contributed by atoms with Gasteiger partial charge in [-0.3, -0.25) is 9.69 Å². The van der Waals surface area contributed by atoms with Crippen LogP contribution in [0.25, 0.3) is 0 Å². The molecule has 3 unspecified atom stereocenters. The molecule has 2 aromatic carbocycles. The van der Waals surface area contributed by atoms with Gasteiger partial charge in [-0.1, -0.05) is 30.3 Å². The number of benzene rings is 2. The number of piperidine rings is 1. The minimum absolute atomic E-state index is 0.0464.